The minimum atomic E-state index is 0.257. The molecule has 0 unspecified atom stereocenters. The number of nitrogens with zero attached hydrogens (tertiary/aromatic N) is 2. The van der Waals surface area contributed by atoms with E-state index in [0.29, 0.717) is 0 Å². The molecule has 0 N–H and O–H groups in total. The van der Waals surface area contributed by atoms with E-state index in [1.807, 2.05) is 0 Å². The first-order chi connectivity index (χ1) is 3.41. The highest BCUT2D eigenvalue weighted by atomic mass is 32.1. The van der Waals surface area contributed by atoms with Gasteiger partial charge in [-0.15, -0.1) is 0 Å². The summed E-state index contributed by atoms with van der Waals surface area (Å²) in [5.74, 6) is 0. The second kappa shape index (κ2) is 5.60. The first-order valence-corrected chi connectivity index (χ1v) is 2.30. The van der Waals surface area contributed by atoms with E-state index in [-0.39, 0.29) is 6.67 Å². The molecule has 0 aliphatic heterocycles. The van der Waals surface area contributed by atoms with Crippen LogP contribution in [-0.4, -0.2) is 17.0 Å². The van der Waals surface area contributed by atoms with E-state index in [0.717, 1.165) is 0 Å². The number of thiocarbonyl (C=S) groups is 2. The minimum Gasteiger partial charge on any atom is -0.208 e. The fourth-order valence-corrected chi connectivity index (χ4v) is 0.209. The molecule has 0 saturated heterocycles. The first kappa shape index (κ1) is 6.60. The number of isothiocyanates is 2. The molecule has 0 aliphatic carbocycles. The summed E-state index contributed by atoms with van der Waals surface area (Å²) in [5.41, 5.74) is 0. The Bertz CT molecular complexity index is 114. The molecular weight excluding hydrogens is 128 g/mol. The Balaban J connectivity index is 3.33. The van der Waals surface area contributed by atoms with E-state index in [1.165, 1.54) is 0 Å². The van der Waals surface area contributed by atoms with Crippen molar-refractivity contribution < 1.29 is 0 Å². The molecule has 7 heavy (non-hydrogen) atoms. The van der Waals surface area contributed by atoms with Crippen LogP contribution in [-0.2, 0) is 0 Å². The highest BCUT2D eigenvalue weighted by Crippen LogP contribution is 1.63. The lowest BCUT2D eigenvalue weighted by Crippen LogP contribution is -1.64. The van der Waals surface area contributed by atoms with Gasteiger partial charge in [-0.25, -0.2) is 9.98 Å². The van der Waals surface area contributed by atoms with Crippen molar-refractivity contribution in [2.24, 2.45) is 9.98 Å². The average Bonchev–Trinajstić information content (AvgIpc) is 1.69. The van der Waals surface area contributed by atoms with Gasteiger partial charge in [-0.05, 0) is 24.4 Å². The smallest absolute Gasteiger partial charge is 0.149 e. The van der Waals surface area contributed by atoms with Gasteiger partial charge in [0, 0.05) is 0 Å². The predicted molar refractivity (Wildman–Crippen MR) is 34.9 cm³/mol. The third-order valence-corrected chi connectivity index (χ3v) is 0.529. The number of rotatable bonds is 2. The average molecular weight is 130 g/mol. The van der Waals surface area contributed by atoms with Crippen molar-refractivity contribution in [2.75, 3.05) is 6.67 Å². The van der Waals surface area contributed by atoms with E-state index in [9.17, 15) is 0 Å². The normalized spacial score (nSPS) is 5.71. The maximum Gasteiger partial charge on any atom is 0.149 e. The van der Waals surface area contributed by atoms with Gasteiger partial charge in [-0.1, -0.05) is 0 Å². The van der Waals surface area contributed by atoms with Crippen LogP contribution in [0.4, 0.5) is 0 Å². The zero-order valence-corrected chi connectivity index (χ0v) is 5.05. The van der Waals surface area contributed by atoms with Crippen LogP contribution in [0.5, 0.6) is 0 Å². The molecule has 0 amide bonds. The number of aliphatic imine (C=N–C) groups is 2. The van der Waals surface area contributed by atoms with Crippen molar-refractivity contribution in [1.82, 2.24) is 0 Å². The molecule has 0 aromatic heterocycles. The molecule has 0 aromatic carbocycles. The van der Waals surface area contributed by atoms with Crippen LogP contribution >= 0.6 is 24.4 Å². The lowest BCUT2D eigenvalue weighted by molar-refractivity contribution is 1.09. The van der Waals surface area contributed by atoms with Gasteiger partial charge >= 0.3 is 0 Å². The van der Waals surface area contributed by atoms with Crippen LogP contribution in [0.1, 0.15) is 0 Å². The van der Waals surface area contributed by atoms with Crippen LogP contribution in [0.2, 0.25) is 0 Å². The van der Waals surface area contributed by atoms with Crippen molar-refractivity contribution >= 4 is 34.8 Å². The Hall–Kier alpha value is -0.400. The van der Waals surface area contributed by atoms with Gasteiger partial charge in [0.25, 0.3) is 0 Å². The van der Waals surface area contributed by atoms with Gasteiger partial charge in [-0.2, -0.15) is 0 Å². The topological polar surface area (TPSA) is 24.7 Å². The fourth-order valence-electron chi connectivity index (χ4n) is 0.0931. The molecule has 2 nitrogen and oxygen atoms in total. The summed E-state index contributed by atoms with van der Waals surface area (Å²) in [5, 5.41) is 4.26. The fraction of sp³-hybridized carbons (Fsp3) is 0.333. The van der Waals surface area contributed by atoms with Crippen LogP contribution in [0, 0.1) is 0 Å². The molecule has 0 radical (unpaired) electrons. The molecule has 36 valence electrons. The molecule has 0 saturated carbocycles. The summed E-state index contributed by atoms with van der Waals surface area (Å²) in [4.78, 5) is 6.86. The van der Waals surface area contributed by atoms with Gasteiger partial charge in [0.15, 0.2) is 0 Å². The number of hydrogen-bond donors (Lipinski definition) is 0. The molecular formula is C3H2N2S2. The molecule has 0 fully saturated rings. The largest absolute Gasteiger partial charge is 0.208 e. The molecule has 0 spiro atoms. The summed E-state index contributed by atoms with van der Waals surface area (Å²) >= 11 is 8.45. The van der Waals surface area contributed by atoms with Gasteiger partial charge in [0.2, 0.25) is 0 Å². The Labute approximate surface area is 52.0 Å². The third kappa shape index (κ3) is 5.60. The molecule has 0 bridgehead atoms. The third-order valence-electron chi connectivity index (χ3n) is 0.271. The monoisotopic (exact) mass is 130 g/mol. The van der Waals surface area contributed by atoms with Crippen molar-refractivity contribution in [1.29, 1.82) is 0 Å². The highest BCUT2D eigenvalue weighted by molar-refractivity contribution is 7.78. The second-order valence-corrected chi connectivity index (χ2v) is 1.01. The van der Waals surface area contributed by atoms with E-state index in [4.69, 9.17) is 0 Å². The minimum absolute atomic E-state index is 0.257. The lowest BCUT2D eigenvalue weighted by atomic mass is 11.1. The van der Waals surface area contributed by atoms with Crippen molar-refractivity contribution in [2.45, 2.75) is 0 Å². The zero-order valence-electron chi connectivity index (χ0n) is 3.42. The zero-order chi connectivity index (χ0) is 5.54. The highest BCUT2D eigenvalue weighted by Gasteiger charge is 1.59. The molecule has 0 aliphatic rings. The van der Waals surface area contributed by atoms with Gasteiger partial charge in [0.1, 0.15) is 6.67 Å². The maximum absolute atomic E-state index is 4.23. The van der Waals surface area contributed by atoms with Crippen molar-refractivity contribution in [3.05, 3.63) is 0 Å². The summed E-state index contributed by atoms with van der Waals surface area (Å²) < 4.78 is 0. The Morgan fingerprint density at radius 2 is 1.57 bits per heavy atom. The first-order valence-electron chi connectivity index (χ1n) is 1.49. The Kier molecular flexibility index (Phi) is 5.28. The second-order valence-electron chi connectivity index (χ2n) is 0.640. The molecule has 0 heterocycles. The van der Waals surface area contributed by atoms with Crippen LogP contribution in [0.15, 0.2) is 9.98 Å². The standard InChI is InChI=1S/C3H2N2S2/c6-2-4-1-5-3-7/h1H2. The molecule has 0 rings (SSSR count). The summed E-state index contributed by atoms with van der Waals surface area (Å²) in [6.45, 7) is 0.257. The van der Waals surface area contributed by atoms with Crippen molar-refractivity contribution in [3.8, 4) is 0 Å². The molecule has 0 atom stereocenters. The maximum atomic E-state index is 4.23. The van der Waals surface area contributed by atoms with Crippen molar-refractivity contribution in [3.63, 3.8) is 0 Å². The molecule has 4 heteroatoms. The Morgan fingerprint density at radius 3 is 1.86 bits per heavy atom. The SMILES string of the molecule is S=C=NCN=C=S. The summed E-state index contributed by atoms with van der Waals surface area (Å²) in [7, 11) is 0. The Morgan fingerprint density at radius 1 is 1.14 bits per heavy atom. The van der Waals surface area contributed by atoms with Gasteiger partial charge in [0.05, 0.1) is 10.3 Å². The molecule has 0 aromatic rings. The summed E-state index contributed by atoms with van der Waals surface area (Å²) in [6.07, 6.45) is 0. The van der Waals surface area contributed by atoms with Crippen LogP contribution < -0.4 is 0 Å². The van der Waals surface area contributed by atoms with Crippen LogP contribution in [0.3, 0.4) is 0 Å². The van der Waals surface area contributed by atoms with E-state index < -0.39 is 0 Å². The van der Waals surface area contributed by atoms with Gasteiger partial charge in [-0.3, -0.25) is 0 Å². The van der Waals surface area contributed by atoms with E-state index >= 15 is 0 Å². The van der Waals surface area contributed by atoms with E-state index in [1.54, 1.807) is 0 Å². The quantitative estimate of drug-likeness (QED) is 0.413. The number of hydrogen-bond acceptors (Lipinski definition) is 4. The van der Waals surface area contributed by atoms with E-state index in [2.05, 4.69) is 44.7 Å². The lowest BCUT2D eigenvalue weighted by Gasteiger charge is -1.66. The van der Waals surface area contributed by atoms with Gasteiger partial charge < -0.3 is 0 Å². The van der Waals surface area contributed by atoms with Crippen LogP contribution in [0.25, 0.3) is 0 Å². The predicted octanol–water partition coefficient (Wildman–Crippen LogP) is 1.15. The summed E-state index contributed by atoms with van der Waals surface area (Å²) in [6, 6.07) is 0.